The molecule has 2 aliphatic rings. The van der Waals surface area contributed by atoms with E-state index in [2.05, 4.69) is 31.2 Å². The third-order valence-corrected chi connectivity index (χ3v) is 6.21. The van der Waals surface area contributed by atoms with Crippen molar-refractivity contribution in [2.75, 3.05) is 27.2 Å². The van der Waals surface area contributed by atoms with Crippen LogP contribution in [0.5, 0.6) is 0 Å². The molecule has 1 aliphatic heterocycles. The van der Waals surface area contributed by atoms with Crippen LogP contribution in [0.3, 0.4) is 0 Å². The quantitative estimate of drug-likeness (QED) is 0.579. The molecule has 5 heteroatoms. The lowest BCUT2D eigenvalue weighted by Crippen LogP contribution is -2.39. The van der Waals surface area contributed by atoms with Gasteiger partial charge in [-0.25, -0.2) is 0 Å². The van der Waals surface area contributed by atoms with Crippen molar-refractivity contribution in [2.24, 2.45) is 5.41 Å². The van der Waals surface area contributed by atoms with Crippen molar-refractivity contribution in [3.63, 3.8) is 0 Å². The van der Waals surface area contributed by atoms with Crippen molar-refractivity contribution in [1.82, 2.24) is 10.2 Å². The van der Waals surface area contributed by atoms with Crippen molar-refractivity contribution in [3.05, 3.63) is 35.4 Å². The molecule has 3 rings (SSSR count). The molecule has 0 spiro atoms. The number of alkyl halides is 3. The number of piperidine rings is 1. The van der Waals surface area contributed by atoms with E-state index < -0.39 is 12.6 Å². The molecule has 30 heavy (non-hydrogen) atoms. The van der Waals surface area contributed by atoms with Gasteiger partial charge in [-0.2, -0.15) is 13.2 Å². The third kappa shape index (κ3) is 10.8. The molecule has 1 heterocycles. The van der Waals surface area contributed by atoms with E-state index in [-0.39, 0.29) is 5.41 Å². The highest BCUT2D eigenvalue weighted by Gasteiger charge is 2.29. The fourth-order valence-corrected chi connectivity index (χ4v) is 4.45. The fourth-order valence-electron chi connectivity index (χ4n) is 4.45. The first-order chi connectivity index (χ1) is 14.2. The summed E-state index contributed by atoms with van der Waals surface area (Å²) in [6, 6.07) is 7.79. The minimum absolute atomic E-state index is 0.273. The van der Waals surface area contributed by atoms with Crippen molar-refractivity contribution >= 4 is 0 Å². The van der Waals surface area contributed by atoms with Gasteiger partial charge in [0.15, 0.2) is 0 Å². The van der Waals surface area contributed by atoms with E-state index in [1.807, 2.05) is 19.9 Å². The SMILES string of the molecule is CC.CC1(Cc2cccc(CC(F)(F)F)c2)CCCCC1.CNC1CCN(C)CC1. The number of hydrogen-bond donors (Lipinski definition) is 1. The maximum Gasteiger partial charge on any atom is 0.393 e. The topological polar surface area (TPSA) is 15.3 Å². The summed E-state index contributed by atoms with van der Waals surface area (Å²) in [7, 11) is 4.24. The number of rotatable bonds is 4. The number of hydrogen-bond acceptors (Lipinski definition) is 2. The smallest absolute Gasteiger partial charge is 0.317 e. The summed E-state index contributed by atoms with van der Waals surface area (Å²) in [5.74, 6) is 0. The number of benzene rings is 1. The normalized spacial score (nSPS) is 19.9. The van der Waals surface area contributed by atoms with Crippen LogP contribution in [-0.4, -0.2) is 44.3 Å². The highest BCUT2D eigenvalue weighted by Crippen LogP contribution is 2.38. The minimum atomic E-state index is -4.12. The fraction of sp³-hybridized carbons (Fsp3) is 0.760. The van der Waals surface area contributed by atoms with Gasteiger partial charge < -0.3 is 10.2 Å². The van der Waals surface area contributed by atoms with Crippen LogP contribution in [0.2, 0.25) is 0 Å². The van der Waals surface area contributed by atoms with Gasteiger partial charge in [0.2, 0.25) is 0 Å². The van der Waals surface area contributed by atoms with Crippen molar-refractivity contribution in [1.29, 1.82) is 0 Å². The number of nitrogens with one attached hydrogen (secondary N) is 1. The Balaban J connectivity index is 0.000000342. The molecule has 0 aromatic heterocycles. The Bertz CT molecular complexity index is 572. The van der Waals surface area contributed by atoms with Gasteiger partial charge in [-0.05, 0) is 75.8 Å². The third-order valence-electron chi connectivity index (χ3n) is 6.21. The van der Waals surface area contributed by atoms with Crippen LogP contribution in [0.15, 0.2) is 24.3 Å². The van der Waals surface area contributed by atoms with E-state index in [0.29, 0.717) is 5.56 Å². The Morgan fingerprint density at radius 3 is 2.13 bits per heavy atom. The lowest BCUT2D eigenvalue weighted by atomic mass is 9.72. The monoisotopic (exact) mass is 428 g/mol. The van der Waals surface area contributed by atoms with E-state index in [9.17, 15) is 13.2 Å². The summed E-state index contributed by atoms with van der Waals surface area (Å²) in [6.45, 7) is 8.78. The molecule has 2 fully saturated rings. The molecule has 0 radical (unpaired) electrons. The molecule has 1 aromatic carbocycles. The lowest BCUT2D eigenvalue weighted by Gasteiger charge is -2.33. The molecular formula is C25H43F3N2. The predicted molar refractivity (Wildman–Crippen MR) is 122 cm³/mol. The molecule has 0 atom stereocenters. The van der Waals surface area contributed by atoms with Gasteiger partial charge in [-0.3, -0.25) is 0 Å². The van der Waals surface area contributed by atoms with Crippen molar-refractivity contribution < 1.29 is 13.2 Å². The summed E-state index contributed by atoms with van der Waals surface area (Å²) in [4.78, 5) is 2.38. The Labute approximate surface area is 182 Å². The Morgan fingerprint density at radius 2 is 1.60 bits per heavy atom. The van der Waals surface area contributed by atoms with Gasteiger partial charge in [0.25, 0.3) is 0 Å². The van der Waals surface area contributed by atoms with E-state index >= 15 is 0 Å². The largest absolute Gasteiger partial charge is 0.393 e. The second-order valence-electron chi connectivity index (χ2n) is 9.03. The van der Waals surface area contributed by atoms with Gasteiger partial charge >= 0.3 is 6.18 Å². The van der Waals surface area contributed by atoms with Crippen LogP contribution >= 0.6 is 0 Å². The Morgan fingerprint density at radius 1 is 1.03 bits per heavy atom. The standard InChI is InChI=1S/C16H21F3.C7H16N2.C2H6/c1-15(8-3-2-4-9-15)11-13-6-5-7-14(10-13)12-16(17,18)19;1-8-7-3-5-9(2)6-4-7;1-2/h5-7,10H,2-4,8-9,11-12H2,1H3;7-8H,3-6H2,1-2H3;1-2H3. The summed E-state index contributed by atoms with van der Waals surface area (Å²) < 4.78 is 37.2. The highest BCUT2D eigenvalue weighted by molar-refractivity contribution is 5.25. The van der Waals surface area contributed by atoms with Crippen LogP contribution in [0.25, 0.3) is 0 Å². The van der Waals surface area contributed by atoms with Crippen LogP contribution < -0.4 is 5.32 Å². The summed E-state index contributed by atoms with van der Waals surface area (Å²) in [5, 5.41) is 3.30. The number of nitrogens with zero attached hydrogens (tertiary/aromatic N) is 1. The predicted octanol–water partition coefficient (Wildman–Crippen LogP) is 6.63. The molecular weight excluding hydrogens is 385 g/mol. The van der Waals surface area contributed by atoms with Gasteiger partial charge in [0.05, 0.1) is 6.42 Å². The zero-order valence-corrected chi connectivity index (χ0v) is 19.7. The summed E-state index contributed by atoms with van der Waals surface area (Å²) in [5.41, 5.74) is 1.70. The summed E-state index contributed by atoms with van der Waals surface area (Å²) >= 11 is 0. The van der Waals surface area contributed by atoms with Crippen molar-refractivity contribution in [2.45, 2.75) is 90.8 Å². The van der Waals surface area contributed by atoms with Gasteiger partial charge in [-0.1, -0.05) is 64.3 Å². The molecule has 0 unspecified atom stereocenters. The molecule has 1 N–H and O–H groups in total. The maximum absolute atomic E-state index is 12.4. The highest BCUT2D eigenvalue weighted by atomic mass is 19.4. The Kier molecular flexibility index (Phi) is 12.0. The molecule has 1 aromatic rings. The Hall–Kier alpha value is -1.07. The maximum atomic E-state index is 12.4. The van der Waals surface area contributed by atoms with Crippen molar-refractivity contribution in [3.8, 4) is 0 Å². The van der Waals surface area contributed by atoms with Gasteiger partial charge in [0, 0.05) is 6.04 Å². The van der Waals surface area contributed by atoms with Crippen LogP contribution in [0.1, 0.15) is 76.8 Å². The molecule has 0 amide bonds. The molecule has 1 saturated carbocycles. The average molecular weight is 429 g/mol. The second kappa shape index (κ2) is 13.4. The van der Waals surface area contributed by atoms with E-state index in [1.165, 1.54) is 58.0 Å². The first-order valence-electron chi connectivity index (χ1n) is 11.7. The molecule has 1 saturated heterocycles. The van der Waals surface area contributed by atoms with Gasteiger partial charge in [-0.15, -0.1) is 0 Å². The lowest BCUT2D eigenvalue weighted by molar-refractivity contribution is -0.127. The van der Waals surface area contributed by atoms with Crippen LogP contribution in [-0.2, 0) is 12.8 Å². The zero-order chi connectivity index (χ0) is 22.6. The zero-order valence-electron chi connectivity index (χ0n) is 19.7. The average Bonchev–Trinajstić information content (AvgIpc) is 2.70. The number of likely N-dealkylation sites (tertiary alicyclic amines) is 1. The van der Waals surface area contributed by atoms with Crippen LogP contribution in [0.4, 0.5) is 13.2 Å². The molecule has 2 nitrogen and oxygen atoms in total. The van der Waals surface area contributed by atoms with Crippen LogP contribution in [0, 0.1) is 5.41 Å². The number of halogens is 3. The minimum Gasteiger partial charge on any atom is -0.317 e. The molecule has 0 bridgehead atoms. The second-order valence-corrected chi connectivity index (χ2v) is 9.03. The molecule has 174 valence electrons. The van der Waals surface area contributed by atoms with Gasteiger partial charge in [0.1, 0.15) is 0 Å². The summed E-state index contributed by atoms with van der Waals surface area (Å²) in [6.07, 6.45) is 4.76. The van der Waals surface area contributed by atoms with E-state index in [0.717, 1.165) is 18.0 Å². The first kappa shape index (κ1) is 27.0. The van der Waals surface area contributed by atoms with E-state index in [1.54, 1.807) is 18.2 Å². The van der Waals surface area contributed by atoms with E-state index in [4.69, 9.17) is 0 Å². The first-order valence-corrected chi connectivity index (χ1v) is 11.7. The molecule has 1 aliphatic carbocycles.